The van der Waals surface area contributed by atoms with Gasteiger partial charge in [-0.25, -0.2) is 10.6 Å². The molecule has 0 spiro atoms. The van der Waals surface area contributed by atoms with Gasteiger partial charge in [0.2, 0.25) is 5.95 Å². The molecule has 0 aromatic carbocycles. The number of H-pyrrole nitrogens is 1. The van der Waals surface area contributed by atoms with Gasteiger partial charge in [-0.3, -0.25) is 19.8 Å². The van der Waals surface area contributed by atoms with E-state index in [0.29, 0.717) is 17.1 Å². The molecule has 2 aromatic heterocycles. The Morgan fingerprint density at radius 2 is 2.17 bits per heavy atom. The smallest absolute Gasteiger partial charge is 0.306 e. The number of nitrogens with two attached hydrogens (primary N) is 1. The molecule has 2 heterocycles. The van der Waals surface area contributed by atoms with Gasteiger partial charge in [-0.05, 0) is 13.3 Å². The van der Waals surface area contributed by atoms with Gasteiger partial charge in [0.05, 0.1) is 0 Å². The number of hydrazine groups is 1. The highest BCUT2D eigenvalue weighted by atomic mass is 16.2. The van der Waals surface area contributed by atoms with Gasteiger partial charge in [0, 0.05) is 13.1 Å². The Balaban J connectivity index is 2.95. The molecule has 2 rings (SSSR count). The van der Waals surface area contributed by atoms with Crippen LogP contribution in [-0.2, 0) is 7.05 Å². The Labute approximate surface area is 102 Å². The van der Waals surface area contributed by atoms with Crippen molar-refractivity contribution in [1.82, 2.24) is 19.1 Å². The molecule has 18 heavy (non-hydrogen) atoms. The molecular weight excluding hydrogens is 236 g/mol. The zero-order chi connectivity index (χ0) is 13.4. The lowest BCUT2D eigenvalue weighted by Gasteiger charge is -2.12. The van der Waals surface area contributed by atoms with Crippen LogP contribution in [0.2, 0.25) is 0 Å². The van der Waals surface area contributed by atoms with Crippen molar-refractivity contribution >= 4 is 17.1 Å². The molecule has 0 saturated heterocycles. The lowest BCUT2D eigenvalue weighted by molar-refractivity contribution is 0.517. The Morgan fingerprint density at radius 1 is 1.50 bits per heavy atom. The number of anilines is 1. The number of hydrogen-bond acceptors (Lipinski definition) is 5. The SMILES string of the molecule is CCC(C)n1c(=O)[nH]c(=O)c2c1nc(NN)n2C. The zero-order valence-corrected chi connectivity index (χ0v) is 10.5. The highest BCUT2D eigenvalue weighted by Crippen LogP contribution is 2.16. The van der Waals surface area contributed by atoms with E-state index in [9.17, 15) is 9.59 Å². The molecule has 98 valence electrons. The number of imidazole rings is 1. The van der Waals surface area contributed by atoms with Crippen LogP contribution in [-0.4, -0.2) is 19.1 Å². The average molecular weight is 252 g/mol. The lowest BCUT2D eigenvalue weighted by Crippen LogP contribution is -2.32. The van der Waals surface area contributed by atoms with Gasteiger partial charge in [-0.2, -0.15) is 4.98 Å². The van der Waals surface area contributed by atoms with Crippen LogP contribution in [0.25, 0.3) is 11.2 Å². The van der Waals surface area contributed by atoms with Crippen molar-refractivity contribution in [3.8, 4) is 0 Å². The summed E-state index contributed by atoms with van der Waals surface area (Å²) in [4.78, 5) is 30.2. The summed E-state index contributed by atoms with van der Waals surface area (Å²) in [6, 6.07) is -0.0580. The number of rotatable bonds is 3. The normalized spacial score (nSPS) is 12.9. The third-order valence-electron chi connectivity index (χ3n) is 3.12. The number of aromatic amines is 1. The van der Waals surface area contributed by atoms with Gasteiger partial charge in [0.25, 0.3) is 5.56 Å². The second-order valence-electron chi connectivity index (χ2n) is 4.20. The number of nitrogens with zero attached hydrogens (tertiary/aromatic N) is 3. The van der Waals surface area contributed by atoms with Gasteiger partial charge < -0.3 is 4.57 Å². The van der Waals surface area contributed by atoms with Crippen LogP contribution in [0.3, 0.4) is 0 Å². The van der Waals surface area contributed by atoms with Crippen LogP contribution in [0, 0.1) is 0 Å². The van der Waals surface area contributed by atoms with E-state index in [1.165, 1.54) is 9.13 Å². The van der Waals surface area contributed by atoms with E-state index in [1.54, 1.807) is 7.05 Å². The van der Waals surface area contributed by atoms with E-state index >= 15 is 0 Å². The van der Waals surface area contributed by atoms with Gasteiger partial charge in [-0.15, -0.1) is 0 Å². The van der Waals surface area contributed by atoms with Crippen molar-refractivity contribution in [3.63, 3.8) is 0 Å². The second kappa shape index (κ2) is 4.30. The predicted octanol–water partition coefficient (Wildman–Crippen LogP) is -0.320. The molecule has 8 heteroatoms. The summed E-state index contributed by atoms with van der Waals surface area (Å²) >= 11 is 0. The molecule has 0 amide bonds. The van der Waals surface area contributed by atoms with Crippen molar-refractivity contribution in [3.05, 3.63) is 20.8 Å². The zero-order valence-electron chi connectivity index (χ0n) is 10.5. The van der Waals surface area contributed by atoms with E-state index in [1.807, 2.05) is 13.8 Å². The largest absolute Gasteiger partial charge is 0.330 e. The Morgan fingerprint density at radius 3 is 2.72 bits per heavy atom. The molecule has 0 fully saturated rings. The fourth-order valence-electron chi connectivity index (χ4n) is 1.94. The van der Waals surface area contributed by atoms with Crippen molar-refractivity contribution in [1.29, 1.82) is 0 Å². The first-order valence-electron chi connectivity index (χ1n) is 5.69. The first-order chi connectivity index (χ1) is 8.51. The number of aryl methyl sites for hydroxylation is 1. The highest BCUT2D eigenvalue weighted by Gasteiger charge is 2.18. The Bertz CT molecular complexity index is 695. The number of nitrogen functional groups attached to an aromatic ring is 1. The minimum absolute atomic E-state index is 0.0580. The predicted molar refractivity (Wildman–Crippen MR) is 68.4 cm³/mol. The highest BCUT2D eigenvalue weighted by molar-refractivity contribution is 5.74. The van der Waals surface area contributed by atoms with Crippen LogP contribution >= 0.6 is 0 Å². The van der Waals surface area contributed by atoms with Crippen LogP contribution in [0.5, 0.6) is 0 Å². The fourth-order valence-corrected chi connectivity index (χ4v) is 1.94. The molecule has 1 atom stereocenters. The van der Waals surface area contributed by atoms with Gasteiger partial charge >= 0.3 is 5.69 Å². The molecule has 2 aromatic rings. The minimum atomic E-state index is -0.467. The minimum Gasteiger partial charge on any atom is -0.306 e. The van der Waals surface area contributed by atoms with E-state index in [2.05, 4.69) is 15.4 Å². The van der Waals surface area contributed by atoms with Gasteiger partial charge in [0.15, 0.2) is 11.2 Å². The summed E-state index contributed by atoms with van der Waals surface area (Å²) in [7, 11) is 1.66. The van der Waals surface area contributed by atoms with E-state index in [-0.39, 0.29) is 6.04 Å². The molecule has 0 saturated carbocycles. The molecule has 0 aliphatic rings. The van der Waals surface area contributed by atoms with E-state index in [4.69, 9.17) is 5.84 Å². The molecule has 1 unspecified atom stereocenters. The quantitative estimate of drug-likeness (QED) is 0.512. The van der Waals surface area contributed by atoms with Crippen molar-refractivity contribution in [2.75, 3.05) is 5.43 Å². The molecular formula is C10H16N6O2. The van der Waals surface area contributed by atoms with Crippen molar-refractivity contribution < 1.29 is 0 Å². The monoisotopic (exact) mass is 252 g/mol. The fraction of sp³-hybridized carbons (Fsp3) is 0.500. The van der Waals surface area contributed by atoms with Crippen LogP contribution in [0.4, 0.5) is 5.95 Å². The maximum atomic E-state index is 11.9. The summed E-state index contributed by atoms with van der Waals surface area (Å²) in [6.45, 7) is 3.85. The van der Waals surface area contributed by atoms with Crippen molar-refractivity contribution in [2.24, 2.45) is 12.9 Å². The van der Waals surface area contributed by atoms with Crippen LogP contribution in [0.15, 0.2) is 9.59 Å². The molecule has 4 N–H and O–H groups in total. The number of fused-ring (bicyclic) bond motifs is 1. The number of aromatic nitrogens is 4. The first kappa shape index (κ1) is 12.4. The van der Waals surface area contributed by atoms with Gasteiger partial charge in [0.1, 0.15) is 0 Å². The third kappa shape index (κ3) is 1.61. The number of nitrogens with one attached hydrogen (secondary N) is 2. The lowest BCUT2D eigenvalue weighted by atomic mass is 10.2. The second-order valence-corrected chi connectivity index (χ2v) is 4.20. The summed E-state index contributed by atoms with van der Waals surface area (Å²) in [6.07, 6.45) is 0.753. The molecule has 0 aliphatic heterocycles. The van der Waals surface area contributed by atoms with Crippen LogP contribution in [0.1, 0.15) is 26.3 Å². The van der Waals surface area contributed by atoms with Crippen molar-refractivity contribution in [2.45, 2.75) is 26.3 Å². The summed E-state index contributed by atoms with van der Waals surface area (Å²) < 4.78 is 2.99. The van der Waals surface area contributed by atoms with Crippen LogP contribution < -0.4 is 22.5 Å². The Kier molecular flexibility index (Phi) is 2.95. The summed E-state index contributed by atoms with van der Waals surface area (Å²) in [5, 5.41) is 0. The number of hydrogen-bond donors (Lipinski definition) is 3. The molecule has 0 radical (unpaired) electrons. The molecule has 0 bridgehead atoms. The molecule has 8 nitrogen and oxygen atoms in total. The topological polar surface area (TPSA) is 111 Å². The van der Waals surface area contributed by atoms with E-state index < -0.39 is 11.2 Å². The van der Waals surface area contributed by atoms with E-state index in [0.717, 1.165) is 6.42 Å². The molecule has 0 aliphatic carbocycles. The summed E-state index contributed by atoms with van der Waals surface area (Å²) in [5.41, 5.74) is 2.14. The maximum absolute atomic E-state index is 11.9. The van der Waals surface area contributed by atoms with Gasteiger partial charge in [-0.1, -0.05) is 6.92 Å². The maximum Gasteiger partial charge on any atom is 0.330 e. The Hall–Kier alpha value is -2.09. The summed E-state index contributed by atoms with van der Waals surface area (Å²) in [5.74, 6) is 5.66. The average Bonchev–Trinajstić information content (AvgIpc) is 2.66. The first-order valence-corrected chi connectivity index (χ1v) is 5.69. The standard InChI is InChI=1S/C10H16N6O2/c1-4-5(2)16-7-6(8(17)13-10(16)18)15(3)9(12-7)14-11/h5H,4,11H2,1-3H3,(H,12,14)(H,13,17,18). The third-order valence-corrected chi connectivity index (χ3v) is 3.12.